The number of aryl methyl sites for hydroxylation is 1. The van der Waals surface area contributed by atoms with Crippen molar-refractivity contribution in [3.8, 4) is 0 Å². The number of rotatable bonds is 4. The third kappa shape index (κ3) is 2.96. The lowest BCUT2D eigenvalue weighted by molar-refractivity contribution is 0.754. The zero-order valence-electron chi connectivity index (χ0n) is 12.6. The molecule has 1 heterocycles. The van der Waals surface area contributed by atoms with E-state index in [0.717, 1.165) is 22.9 Å². The predicted molar refractivity (Wildman–Crippen MR) is 83.3 cm³/mol. The van der Waals surface area contributed by atoms with Crippen LogP contribution in [0.15, 0.2) is 30.5 Å². The molecule has 0 fully saturated rings. The van der Waals surface area contributed by atoms with Gasteiger partial charge in [0.2, 0.25) is 0 Å². The Morgan fingerprint density at radius 1 is 1.30 bits per heavy atom. The molecule has 0 saturated carbocycles. The summed E-state index contributed by atoms with van der Waals surface area (Å²) in [7, 11) is 2.02. The van der Waals surface area contributed by atoms with E-state index in [1.165, 1.54) is 5.56 Å². The Balaban J connectivity index is 2.41. The highest BCUT2D eigenvalue weighted by molar-refractivity contribution is 5.64. The van der Waals surface area contributed by atoms with Crippen molar-refractivity contribution in [1.29, 1.82) is 0 Å². The normalized spacial score (nSPS) is 10.9. The minimum absolute atomic E-state index is 0.304. The molecule has 4 nitrogen and oxygen atoms in total. The van der Waals surface area contributed by atoms with Crippen molar-refractivity contribution in [3.05, 3.63) is 47.5 Å². The van der Waals surface area contributed by atoms with Crippen LogP contribution in [0.3, 0.4) is 0 Å². The highest BCUT2D eigenvalue weighted by Gasteiger charge is 2.13. The van der Waals surface area contributed by atoms with E-state index in [0.29, 0.717) is 12.5 Å². The molecule has 0 amide bonds. The zero-order valence-corrected chi connectivity index (χ0v) is 12.6. The average Bonchev–Trinajstić information content (AvgIpc) is 2.45. The SMILES string of the molecule is Cc1cccc(N(C)c2cnc(C(C)C)nc2CN)c1. The summed E-state index contributed by atoms with van der Waals surface area (Å²) in [5, 5.41) is 0. The lowest BCUT2D eigenvalue weighted by Crippen LogP contribution is -2.16. The molecule has 20 heavy (non-hydrogen) atoms. The van der Waals surface area contributed by atoms with Crippen molar-refractivity contribution in [1.82, 2.24) is 9.97 Å². The third-order valence-corrected chi connectivity index (χ3v) is 3.32. The summed E-state index contributed by atoms with van der Waals surface area (Å²) in [5.41, 5.74) is 10.0. The van der Waals surface area contributed by atoms with Gasteiger partial charge in [0.25, 0.3) is 0 Å². The van der Waals surface area contributed by atoms with Crippen molar-refractivity contribution >= 4 is 11.4 Å². The molecule has 0 aliphatic heterocycles. The molecule has 1 aromatic heterocycles. The fourth-order valence-electron chi connectivity index (χ4n) is 2.11. The van der Waals surface area contributed by atoms with E-state index in [1.54, 1.807) is 0 Å². The first-order chi connectivity index (χ1) is 9.52. The Morgan fingerprint density at radius 3 is 2.65 bits per heavy atom. The van der Waals surface area contributed by atoms with Gasteiger partial charge in [-0.1, -0.05) is 26.0 Å². The first-order valence-electron chi connectivity index (χ1n) is 6.89. The van der Waals surface area contributed by atoms with E-state index < -0.39 is 0 Å². The fourth-order valence-corrected chi connectivity index (χ4v) is 2.11. The van der Waals surface area contributed by atoms with Gasteiger partial charge in [-0.3, -0.25) is 0 Å². The van der Waals surface area contributed by atoms with Crippen molar-refractivity contribution in [2.24, 2.45) is 5.73 Å². The molecular formula is C16H22N4. The number of anilines is 2. The molecule has 0 saturated heterocycles. The van der Waals surface area contributed by atoms with Crippen LogP contribution in [0, 0.1) is 6.92 Å². The van der Waals surface area contributed by atoms with Gasteiger partial charge >= 0.3 is 0 Å². The van der Waals surface area contributed by atoms with Gasteiger partial charge < -0.3 is 10.6 Å². The molecule has 0 unspecified atom stereocenters. The minimum atomic E-state index is 0.304. The zero-order chi connectivity index (χ0) is 14.7. The minimum Gasteiger partial charge on any atom is -0.342 e. The van der Waals surface area contributed by atoms with Gasteiger partial charge in [0.05, 0.1) is 17.6 Å². The number of hydrogen-bond donors (Lipinski definition) is 1. The Hall–Kier alpha value is -1.94. The van der Waals surface area contributed by atoms with Crippen molar-refractivity contribution in [2.45, 2.75) is 33.2 Å². The van der Waals surface area contributed by atoms with Crippen LogP contribution in [0.25, 0.3) is 0 Å². The molecular weight excluding hydrogens is 248 g/mol. The van der Waals surface area contributed by atoms with Gasteiger partial charge in [-0.15, -0.1) is 0 Å². The van der Waals surface area contributed by atoms with Gasteiger partial charge in [0, 0.05) is 25.2 Å². The number of nitrogens with zero attached hydrogens (tertiary/aromatic N) is 3. The average molecular weight is 270 g/mol. The highest BCUT2D eigenvalue weighted by Crippen LogP contribution is 2.26. The van der Waals surface area contributed by atoms with Crippen LogP contribution < -0.4 is 10.6 Å². The first kappa shape index (κ1) is 14.5. The molecule has 2 aromatic rings. The quantitative estimate of drug-likeness (QED) is 0.927. The van der Waals surface area contributed by atoms with E-state index in [2.05, 4.69) is 53.8 Å². The van der Waals surface area contributed by atoms with Crippen molar-refractivity contribution < 1.29 is 0 Å². The van der Waals surface area contributed by atoms with E-state index in [-0.39, 0.29) is 0 Å². The second-order valence-electron chi connectivity index (χ2n) is 5.32. The monoisotopic (exact) mass is 270 g/mol. The van der Waals surface area contributed by atoms with E-state index in [1.807, 2.05) is 19.3 Å². The first-order valence-corrected chi connectivity index (χ1v) is 6.89. The fraction of sp³-hybridized carbons (Fsp3) is 0.375. The van der Waals surface area contributed by atoms with Gasteiger partial charge in [-0.05, 0) is 24.6 Å². The molecule has 2 rings (SSSR count). The summed E-state index contributed by atoms with van der Waals surface area (Å²) >= 11 is 0. The van der Waals surface area contributed by atoms with Crippen LogP contribution in [0.1, 0.15) is 36.8 Å². The van der Waals surface area contributed by atoms with E-state index in [9.17, 15) is 0 Å². The molecule has 0 radical (unpaired) electrons. The second-order valence-corrected chi connectivity index (χ2v) is 5.32. The molecule has 0 spiro atoms. The van der Waals surface area contributed by atoms with Crippen molar-refractivity contribution in [2.75, 3.05) is 11.9 Å². The number of benzene rings is 1. The Labute approximate surface area is 120 Å². The summed E-state index contributed by atoms with van der Waals surface area (Å²) in [5.74, 6) is 1.14. The van der Waals surface area contributed by atoms with Crippen LogP contribution in [-0.2, 0) is 6.54 Å². The summed E-state index contributed by atoms with van der Waals surface area (Å²) < 4.78 is 0. The molecule has 1 aromatic carbocycles. The smallest absolute Gasteiger partial charge is 0.131 e. The van der Waals surface area contributed by atoms with Gasteiger partial charge in [0.15, 0.2) is 0 Å². The van der Waals surface area contributed by atoms with Crippen LogP contribution in [0.4, 0.5) is 11.4 Å². The van der Waals surface area contributed by atoms with Crippen LogP contribution in [-0.4, -0.2) is 17.0 Å². The van der Waals surface area contributed by atoms with E-state index >= 15 is 0 Å². The number of hydrogen-bond acceptors (Lipinski definition) is 4. The highest BCUT2D eigenvalue weighted by atomic mass is 15.1. The molecule has 0 bridgehead atoms. The summed E-state index contributed by atoms with van der Waals surface area (Å²) in [6, 6.07) is 8.34. The maximum atomic E-state index is 5.85. The third-order valence-electron chi connectivity index (χ3n) is 3.32. The Morgan fingerprint density at radius 2 is 2.05 bits per heavy atom. The van der Waals surface area contributed by atoms with Gasteiger partial charge in [-0.25, -0.2) is 9.97 Å². The lowest BCUT2D eigenvalue weighted by Gasteiger charge is -2.22. The number of aromatic nitrogens is 2. The summed E-state index contributed by atoms with van der Waals surface area (Å²) in [6.07, 6.45) is 1.87. The molecule has 0 aliphatic carbocycles. The summed E-state index contributed by atoms with van der Waals surface area (Å²) in [4.78, 5) is 11.1. The molecule has 4 heteroatoms. The molecule has 0 aliphatic rings. The second kappa shape index (κ2) is 6.01. The van der Waals surface area contributed by atoms with Crippen molar-refractivity contribution in [3.63, 3.8) is 0 Å². The topological polar surface area (TPSA) is 55.0 Å². The van der Waals surface area contributed by atoms with Gasteiger partial charge in [0.1, 0.15) is 5.82 Å². The van der Waals surface area contributed by atoms with Gasteiger partial charge in [-0.2, -0.15) is 0 Å². The maximum Gasteiger partial charge on any atom is 0.131 e. The molecule has 2 N–H and O–H groups in total. The molecule has 106 valence electrons. The Bertz CT molecular complexity index is 593. The number of nitrogens with two attached hydrogens (primary N) is 1. The van der Waals surface area contributed by atoms with Crippen LogP contribution in [0.5, 0.6) is 0 Å². The van der Waals surface area contributed by atoms with Crippen LogP contribution >= 0.6 is 0 Å². The predicted octanol–water partition coefficient (Wildman–Crippen LogP) is 3.14. The standard InChI is InChI=1S/C16H22N4/c1-11(2)16-18-10-15(14(9-17)19-16)20(4)13-7-5-6-12(3)8-13/h5-8,10-11H,9,17H2,1-4H3. The maximum absolute atomic E-state index is 5.85. The Kier molecular flexibility index (Phi) is 4.35. The largest absolute Gasteiger partial charge is 0.342 e. The van der Waals surface area contributed by atoms with Crippen LogP contribution in [0.2, 0.25) is 0 Å². The lowest BCUT2D eigenvalue weighted by atomic mass is 10.1. The summed E-state index contributed by atoms with van der Waals surface area (Å²) in [6.45, 7) is 6.66. The van der Waals surface area contributed by atoms with E-state index in [4.69, 9.17) is 5.73 Å². The molecule has 0 atom stereocenters.